The highest BCUT2D eigenvalue weighted by Gasteiger charge is 2.48. The summed E-state index contributed by atoms with van der Waals surface area (Å²) in [6, 6.07) is 58.5. The zero-order valence-corrected chi connectivity index (χ0v) is 42.6. The Bertz CT molecular complexity index is 2970. The van der Waals surface area contributed by atoms with E-state index in [0.717, 1.165) is 54.9 Å². The molecular weight excluding hydrogens is 913 g/mol. The highest BCUT2D eigenvalue weighted by molar-refractivity contribution is 6.05. The molecule has 8 aromatic rings. The number of hydrogen-bond acceptors (Lipinski definition) is 8. The van der Waals surface area contributed by atoms with Crippen LogP contribution in [-0.2, 0) is 22.4 Å². The van der Waals surface area contributed by atoms with Crippen molar-refractivity contribution < 1.29 is 38.7 Å². The molecule has 73 heavy (non-hydrogen) atoms. The summed E-state index contributed by atoms with van der Waals surface area (Å²) in [4.78, 5) is 30.5. The molecule has 10 nitrogen and oxygen atoms in total. The summed E-state index contributed by atoms with van der Waals surface area (Å²) in [7, 11) is 6.42. The van der Waals surface area contributed by atoms with Crippen molar-refractivity contribution in [2.45, 2.75) is 62.6 Å². The van der Waals surface area contributed by atoms with Crippen molar-refractivity contribution in [2.75, 3.05) is 41.5 Å². The number of methoxy groups -OCH3 is 4. The topological polar surface area (TPSA) is 136 Å². The van der Waals surface area contributed by atoms with Gasteiger partial charge in [-0.05, 0) is 116 Å². The maximum atomic E-state index is 15.2. The molecule has 0 heterocycles. The number of amides is 2. The molecule has 0 bridgehead atoms. The summed E-state index contributed by atoms with van der Waals surface area (Å²) in [6.45, 7) is 3.17. The number of nitrogens with one attached hydrogen (secondary N) is 2. The molecule has 0 saturated carbocycles. The lowest BCUT2D eigenvalue weighted by atomic mass is 9.72. The molecule has 0 saturated heterocycles. The van der Waals surface area contributed by atoms with Gasteiger partial charge >= 0.3 is 0 Å². The SMILES string of the molecule is CCC(CC)(C(=O)NCC(O)(Cc1cccc(OC)c1)C(c1cccc(OC)c1)c1cccc2ccccc12)C(=O)NCC(O)(Cc1cccc(OC)c1)C(c1cccc(OC)c1)c1cccc2ccccc12. The van der Waals surface area contributed by atoms with Crippen molar-refractivity contribution >= 4 is 33.4 Å². The van der Waals surface area contributed by atoms with Gasteiger partial charge in [-0.1, -0.05) is 147 Å². The molecule has 2 amide bonds. The van der Waals surface area contributed by atoms with Gasteiger partial charge in [0.05, 0.1) is 39.6 Å². The van der Waals surface area contributed by atoms with Gasteiger partial charge < -0.3 is 39.8 Å². The van der Waals surface area contributed by atoms with E-state index in [-0.39, 0.29) is 38.8 Å². The van der Waals surface area contributed by atoms with Crippen LogP contribution in [0.15, 0.2) is 182 Å². The fraction of sp³-hybridized carbons (Fsp3) is 0.270. The first-order valence-electron chi connectivity index (χ1n) is 24.9. The van der Waals surface area contributed by atoms with E-state index in [0.29, 0.717) is 23.0 Å². The monoisotopic (exact) mass is 978 g/mol. The molecule has 0 spiro atoms. The van der Waals surface area contributed by atoms with Crippen molar-refractivity contribution in [2.24, 2.45) is 5.41 Å². The van der Waals surface area contributed by atoms with Crippen LogP contribution in [-0.4, -0.2) is 74.8 Å². The fourth-order valence-electron chi connectivity index (χ4n) is 10.8. The lowest BCUT2D eigenvalue weighted by Crippen LogP contribution is -2.58. The summed E-state index contributed by atoms with van der Waals surface area (Å²) in [5.74, 6) is -0.0265. The van der Waals surface area contributed by atoms with Crippen LogP contribution in [0.3, 0.4) is 0 Å². The summed E-state index contributed by atoms with van der Waals surface area (Å²) in [5.41, 5.74) is -0.166. The van der Waals surface area contributed by atoms with E-state index in [1.165, 1.54) is 0 Å². The molecule has 4 N–H and O–H groups in total. The molecule has 0 aliphatic rings. The Hall–Kier alpha value is -7.66. The molecule has 10 heteroatoms. The van der Waals surface area contributed by atoms with Crippen LogP contribution >= 0.6 is 0 Å². The van der Waals surface area contributed by atoms with Gasteiger partial charge in [-0.25, -0.2) is 0 Å². The largest absolute Gasteiger partial charge is 0.497 e. The van der Waals surface area contributed by atoms with Gasteiger partial charge in [0.2, 0.25) is 11.8 Å². The number of carbonyl (C=O) groups excluding carboxylic acids is 2. The van der Waals surface area contributed by atoms with Crippen molar-refractivity contribution in [1.82, 2.24) is 10.6 Å². The molecule has 0 aromatic heterocycles. The third-order valence-corrected chi connectivity index (χ3v) is 14.7. The minimum Gasteiger partial charge on any atom is -0.497 e. The molecule has 8 rings (SSSR count). The smallest absolute Gasteiger partial charge is 0.235 e. The van der Waals surface area contributed by atoms with E-state index < -0.39 is 40.3 Å². The fourth-order valence-corrected chi connectivity index (χ4v) is 10.8. The van der Waals surface area contributed by atoms with Gasteiger partial charge in [-0.3, -0.25) is 9.59 Å². The number of ether oxygens (including phenoxy) is 4. The molecule has 0 fully saturated rings. The average molecular weight is 979 g/mol. The number of aliphatic hydroxyl groups is 2. The minimum absolute atomic E-state index is 0.101. The molecule has 4 unspecified atom stereocenters. The van der Waals surface area contributed by atoms with Crippen molar-refractivity contribution in [3.63, 3.8) is 0 Å². The Balaban J connectivity index is 1.19. The first-order valence-corrected chi connectivity index (χ1v) is 24.9. The van der Waals surface area contributed by atoms with Crippen molar-refractivity contribution in [3.05, 3.63) is 215 Å². The van der Waals surface area contributed by atoms with Gasteiger partial charge in [-0.15, -0.1) is 0 Å². The molecule has 8 aromatic carbocycles. The first-order chi connectivity index (χ1) is 35.4. The summed E-state index contributed by atoms with van der Waals surface area (Å²) < 4.78 is 22.7. The third-order valence-electron chi connectivity index (χ3n) is 14.7. The minimum atomic E-state index is -1.69. The van der Waals surface area contributed by atoms with E-state index in [2.05, 4.69) is 10.6 Å². The lowest BCUT2D eigenvalue weighted by Gasteiger charge is -2.40. The molecule has 0 aliphatic carbocycles. The quantitative estimate of drug-likeness (QED) is 0.0493. The Morgan fingerprint density at radius 1 is 0.452 bits per heavy atom. The Kier molecular flexibility index (Phi) is 16.2. The molecule has 4 atom stereocenters. The summed E-state index contributed by atoms with van der Waals surface area (Å²) in [5, 5.41) is 37.5. The molecule has 0 radical (unpaired) electrons. The summed E-state index contributed by atoms with van der Waals surface area (Å²) in [6.07, 6.45) is 0.471. The Labute approximate surface area is 428 Å². The second kappa shape index (κ2) is 22.8. The van der Waals surface area contributed by atoms with Crippen LogP contribution in [0.2, 0.25) is 0 Å². The standard InChI is InChI=1S/C63H66N2O8/c1-7-61(8-2,59(66)64-41-62(68,39-43-19-13-27-49(35-43)70-3)57(47-25-15-29-51(37-47)72-5)55-33-17-23-45-21-9-11-31-53(45)55)60(67)65-42-63(69,40-44-20-14-28-50(36-44)71-4)58(48-26-16-30-52(38-48)73-6)56-34-18-24-46-22-10-12-32-54(46)56/h9-38,57-58,68-69H,7-8,39-42H2,1-6H3,(H,64,66)(H,65,67). The maximum absolute atomic E-state index is 15.2. The maximum Gasteiger partial charge on any atom is 0.235 e. The van der Waals surface area contributed by atoms with Crippen LogP contribution in [0.5, 0.6) is 23.0 Å². The van der Waals surface area contributed by atoms with Crippen LogP contribution in [0, 0.1) is 5.41 Å². The normalized spacial score (nSPS) is 14.0. The van der Waals surface area contributed by atoms with Gasteiger partial charge in [0.15, 0.2) is 0 Å². The van der Waals surface area contributed by atoms with Crippen LogP contribution in [0.1, 0.15) is 71.9 Å². The van der Waals surface area contributed by atoms with Gasteiger partial charge in [0, 0.05) is 37.8 Å². The van der Waals surface area contributed by atoms with Crippen LogP contribution < -0.4 is 29.6 Å². The van der Waals surface area contributed by atoms with Crippen LogP contribution in [0.4, 0.5) is 0 Å². The van der Waals surface area contributed by atoms with E-state index in [1.54, 1.807) is 28.4 Å². The predicted molar refractivity (Wildman–Crippen MR) is 290 cm³/mol. The van der Waals surface area contributed by atoms with Crippen LogP contribution in [0.25, 0.3) is 21.5 Å². The number of hydrogen-bond donors (Lipinski definition) is 4. The highest BCUT2D eigenvalue weighted by atomic mass is 16.5. The van der Waals surface area contributed by atoms with E-state index in [1.807, 2.05) is 196 Å². The highest BCUT2D eigenvalue weighted by Crippen LogP contribution is 2.44. The molecule has 376 valence electrons. The second-order valence-corrected chi connectivity index (χ2v) is 19.0. The van der Waals surface area contributed by atoms with E-state index >= 15 is 9.59 Å². The Morgan fingerprint density at radius 2 is 0.795 bits per heavy atom. The van der Waals surface area contributed by atoms with Crippen molar-refractivity contribution in [3.8, 4) is 23.0 Å². The average Bonchev–Trinajstić information content (AvgIpc) is 3.43. The zero-order chi connectivity index (χ0) is 51.6. The molecule has 0 aliphatic heterocycles. The zero-order valence-electron chi connectivity index (χ0n) is 42.6. The number of fused-ring (bicyclic) bond motifs is 2. The first kappa shape index (κ1) is 51.7. The number of benzene rings is 8. The number of carbonyl (C=O) groups is 2. The predicted octanol–water partition coefficient (Wildman–Crippen LogP) is 11.0. The van der Waals surface area contributed by atoms with Crippen molar-refractivity contribution in [1.29, 1.82) is 0 Å². The molecular formula is C63H66N2O8. The lowest BCUT2D eigenvalue weighted by molar-refractivity contribution is -0.146. The third kappa shape index (κ3) is 11.1. The Morgan fingerprint density at radius 3 is 1.18 bits per heavy atom. The number of rotatable bonds is 22. The van der Waals surface area contributed by atoms with Gasteiger partial charge in [-0.2, -0.15) is 0 Å². The van der Waals surface area contributed by atoms with Gasteiger partial charge in [0.25, 0.3) is 0 Å². The van der Waals surface area contributed by atoms with E-state index in [4.69, 9.17) is 18.9 Å². The van der Waals surface area contributed by atoms with E-state index in [9.17, 15) is 10.2 Å². The second-order valence-electron chi connectivity index (χ2n) is 19.0. The van der Waals surface area contributed by atoms with Gasteiger partial charge in [0.1, 0.15) is 28.4 Å². The summed E-state index contributed by atoms with van der Waals surface area (Å²) >= 11 is 0.